The van der Waals surface area contributed by atoms with E-state index < -0.39 is 17.9 Å². The van der Waals surface area contributed by atoms with Gasteiger partial charge in [0.2, 0.25) is 0 Å². The maximum atomic E-state index is 12.4. The van der Waals surface area contributed by atoms with Crippen LogP contribution in [0.2, 0.25) is 0 Å². The van der Waals surface area contributed by atoms with Crippen molar-refractivity contribution in [3.05, 3.63) is 53.6 Å². The van der Waals surface area contributed by atoms with E-state index in [9.17, 15) is 14.4 Å². The lowest BCUT2D eigenvalue weighted by molar-refractivity contribution is -0.151. The first-order chi connectivity index (χ1) is 12.5. The van der Waals surface area contributed by atoms with E-state index in [1.54, 1.807) is 31.2 Å². The van der Waals surface area contributed by atoms with E-state index in [4.69, 9.17) is 9.47 Å². The fourth-order valence-electron chi connectivity index (χ4n) is 2.69. The molecule has 1 N–H and O–H groups in total. The van der Waals surface area contributed by atoms with Gasteiger partial charge in [-0.2, -0.15) is 0 Å². The van der Waals surface area contributed by atoms with Crippen LogP contribution in [0.4, 0.5) is 0 Å². The Morgan fingerprint density at radius 1 is 1.35 bits per heavy atom. The van der Waals surface area contributed by atoms with Gasteiger partial charge in [0.1, 0.15) is 29.5 Å². The van der Waals surface area contributed by atoms with Gasteiger partial charge < -0.3 is 14.8 Å². The van der Waals surface area contributed by atoms with Crippen LogP contribution in [-0.4, -0.2) is 47.3 Å². The van der Waals surface area contributed by atoms with Crippen LogP contribution in [0.5, 0.6) is 5.75 Å². The molecule has 26 heavy (non-hydrogen) atoms. The Balaban J connectivity index is 1.55. The first-order valence-electron chi connectivity index (χ1n) is 7.98. The van der Waals surface area contributed by atoms with Gasteiger partial charge in [-0.05, 0) is 19.1 Å². The second-order valence-electron chi connectivity index (χ2n) is 5.66. The number of hydrogen-bond donors (Lipinski definition) is 1. The molecule has 2 amide bonds. The molecule has 3 rings (SSSR count). The van der Waals surface area contributed by atoms with Crippen molar-refractivity contribution in [2.75, 3.05) is 13.2 Å². The zero-order chi connectivity index (χ0) is 18.7. The van der Waals surface area contributed by atoms with Crippen LogP contribution in [0.1, 0.15) is 6.92 Å². The van der Waals surface area contributed by atoms with Crippen molar-refractivity contribution in [1.82, 2.24) is 10.2 Å². The van der Waals surface area contributed by atoms with Gasteiger partial charge in [0.25, 0.3) is 11.8 Å². The molecule has 2 heterocycles. The first-order valence-corrected chi connectivity index (χ1v) is 8.86. The molecule has 0 spiro atoms. The number of fused-ring (bicyclic) bond motifs is 1. The average Bonchev–Trinajstić information content (AvgIpc) is 2.96. The van der Waals surface area contributed by atoms with E-state index in [0.717, 1.165) is 0 Å². The van der Waals surface area contributed by atoms with Crippen LogP contribution in [0.15, 0.2) is 53.6 Å². The van der Waals surface area contributed by atoms with Crippen LogP contribution in [0, 0.1) is 0 Å². The summed E-state index contributed by atoms with van der Waals surface area (Å²) in [6.07, 6.45) is 1.46. The minimum Gasteiger partial charge on any atom is -0.484 e. The van der Waals surface area contributed by atoms with Gasteiger partial charge in [0.05, 0.1) is 0 Å². The Kier molecular flexibility index (Phi) is 5.32. The molecule has 136 valence electrons. The second-order valence-corrected chi connectivity index (χ2v) is 6.99. The highest BCUT2D eigenvalue weighted by Crippen LogP contribution is 2.46. The third-order valence-corrected chi connectivity index (χ3v) is 5.14. The fraction of sp³-hybridized carbons (Fsp3) is 0.278. The lowest BCUT2D eigenvalue weighted by atomic mass is 10.1. The zero-order valence-corrected chi connectivity index (χ0v) is 15.0. The molecule has 7 nitrogen and oxygen atoms in total. The average molecular weight is 374 g/mol. The van der Waals surface area contributed by atoms with Crippen LogP contribution in [0.3, 0.4) is 0 Å². The van der Waals surface area contributed by atoms with Gasteiger partial charge in [-0.15, -0.1) is 11.8 Å². The number of allylic oxidation sites excluding steroid dienone is 1. The molecule has 1 aromatic rings. The van der Waals surface area contributed by atoms with Gasteiger partial charge >= 0.3 is 5.97 Å². The number of β-lactam (4-membered cyclic amide) rings is 1. The zero-order valence-electron chi connectivity index (χ0n) is 14.1. The van der Waals surface area contributed by atoms with E-state index in [1.807, 2.05) is 6.07 Å². The summed E-state index contributed by atoms with van der Waals surface area (Å²) in [5, 5.41) is 2.32. The summed E-state index contributed by atoms with van der Waals surface area (Å²) in [7, 11) is 0. The highest BCUT2D eigenvalue weighted by atomic mass is 32.2. The van der Waals surface area contributed by atoms with Crippen molar-refractivity contribution >= 4 is 29.5 Å². The number of rotatable bonds is 7. The number of carbonyl (C=O) groups is 3. The lowest BCUT2D eigenvalue weighted by Crippen LogP contribution is -2.68. The highest BCUT2D eigenvalue weighted by molar-refractivity contribution is 8.04. The van der Waals surface area contributed by atoms with E-state index in [0.29, 0.717) is 10.7 Å². The van der Waals surface area contributed by atoms with Gasteiger partial charge in [-0.3, -0.25) is 14.5 Å². The Hall–Kier alpha value is -2.74. The Morgan fingerprint density at radius 3 is 2.77 bits per heavy atom. The second kappa shape index (κ2) is 7.65. The quantitative estimate of drug-likeness (QED) is 0.441. The van der Waals surface area contributed by atoms with Crippen molar-refractivity contribution in [3.63, 3.8) is 0 Å². The number of esters is 1. The van der Waals surface area contributed by atoms with Gasteiger partial charge in [-0.25, -0.2) is 4.79 Å². The summed E-state index contributed by atoms with van der Waals surface area (Å²) in [6, 6.07) is 8.24. The van der Waals surface area contributed by atoms with Crippen molar-refractivity contribution in [1.29, 1.82) is 0 Å². The molecular weight excluding hydrogens is 356 g/mol. The fourth-order valence-corrected chi connectivity index (χ4v) is 3.98. The first kappa shape index (κ1) is 18.1. The van der Waals surface area contributed by atoms with Crippen LogP contribution >= 0.6 is 11.8 Å². The summed E-state index contributed by atoms with van der Waals surface area (Å²) >= 11 is 1.36. The molecule has 1 saturated heterocycles. The van der Waals surface area contributed by atoms with Crippen molar-refractivity contribution < 1.29 is 23.9 Å². The smallest absolute Gasteiger partial charge is 0.356 e. The predicted molar refractivity (Wildman–Crippen MR) is 95.9 cm³/mol. The van der Waals surface area contributed by atoms with Gasteiger partial charge in [0, 0.05) is 4.91 Å². The van der Waals surface area contributed by atoms with Crippen LogP contribution in [0.25, 0.3) is 0 Å². The predicted octanol–water partition coefficient (Wildman–Crippen LogP) is 1.43. The summed E-state index contributed by atoms with van der Waals surface area (Å²) in [5.74, 6) is -0.724. The molecule has 0 saturated carbocycles. The van der Waals surface area contributed by atoms with Crippen molar-refractivity contribution in [2.24, 2.45) is 0 Å². The normalized spacial score (nSPS) is 21.0. The number of ether oxygens (including phenoxy) is 2. The lowest BCUT2D eigenvalue weighted by Gasteiger charge is -2.42. The number of amides is 2. The van der Waals surface area contributed by atoms with Gasteiger partial charge in [0.15, 0.2) is 6.61 Å². The molecule has 0 bridgehead atoms. The molecule has 1 aromatic carbocycles. The van der Waals surface area contributed by atoms with Crippen molar-refractivity contribution in [3.8, 4) is 5.75 Å². The number of para-hydroxylation sites is 1. The molecule has 8 heteroatoms. The molecule has 0 aliphatic carbocycles. The molecule has 0 unspecified atom stereocenters. The minimum absolute atomic E-state index is 0.0734. The summed E-state index contributed by atoms with van der Waals surface area (Å²) < 4.78 is 10.4. The molecule has 2 aliphatic rings. The highest BCUT2D eigenvalue weighted by Gasteiger charge is 2.56. The minimum atomic E-state index is -0.688. The molecule has 2 atom stereocenters. The third-order valence-electron chi connectivity index (χ3n) is 3.87. The Morgan fingerprint density at radius 2 is 2.08 bits per heavy atom. The van der Waals surface area contributed by atoms with Crippen molar-refractivity contribution in [2.45, 2.75) is 18.3 Å². The van der Waals surface area contributed by atoms with Crippen LogP contribution < -0.4 is 10.1 Å². The van der Waals surface area contributed by atoms with Crippen LogP contribution in [-0.2, 0) is 19.1 Å². The molecular formula is C18H18N2O5S. The number of carbonyl (C=O) groups excluding carboxylic acids is 3. The summed E-state index contributed by atoms with van der Waals surface area (Å²) in [5.41, 5.74) is 0.234. The largest absolute Gasteiger partial charge is 0.484 e. The molecule has 1 fully saturated rings. The number of thioether (sulfide) groups is 1. The monoisotopic (exact) mass is 374 g/mol. The number of benzene rings is 1. The number of nitrogens with zero attached hydrogens (tertiary/aromatic N) is 1. The molecule has 2 aliphatic heterocycles. The summed E-state index contributed by atoms with van der Waals surface area (Å²) in [4.78, 5) is 38.6. The third kappa shape index (κ3) is 3.45. The maximum absolute atomic E-state index is 12.4. The topological polar surface area (TPSA) is 84.9 Å². The number of hydrogen-bond acceptors (Lipinski definition) is 6. The van der Waals surface area contributed by atoms with E-state index >= 15 is 0 Å². The maximum Gasteiger partial charge on any atom is 0.356 e. The molecule has 0 aromatic heterocycles. The van der Waals surface area contributed by atoms with E-state index in [-0.39, 0.29) is 30.2 Å². The summed E-state index contributed by atoms with van der Waals surface area (Å²) in [6.45, 7) is 5.12. The Bertz CT molecular complexity index is 777. The van der Waals surface area contributed by atoms with E-state index in [1.165, 1.54) is 22.7 Å². The SMILES string of the molecule is C=CCOC(=O)C1=C(C)S[C@@H]2[C@H](NC(=O)COc3ccccc3)C(=O)N12. The standard InChI is InChI=1S/C18H18N2O5S/c1-3-9-24-18(23)15-11(2)26-17-14(16(22)20(15)17)19-13(21)10-25-12-7-5-4-6-8-12/h3-8,14,17H,1,9-10H2,2H3,(H,19,21)/t14-,17-/m1/s1. The van der Waals surface area contributed by atoms with Gasteiger partial charge in [-0.1, -0.05) is 30.9 Å². The Labute approximate surface area is 155 Å². The molecule has 0 radical (unpaired) electrons. The van der Waals surface area contributed by atoms with E-state index in [2.05, 4.69) is 11.9 Å². The number of nitrogens with one attached hydrogen (secondary N) is 1.